The lowest BCUT2D eigenvalue weighted by molar-refractivity contribution is 0.608. The van der Waals surface area contributed by atoms with Gasteiger partial charge in [-0.3, -0.25) is 0 Å². The number of anilines is 2. The van der Waals surface area contributed by atoms with Crippen LogP contribution >= 0.6 is 0 Å². The van der Waals surface area contributed by atoms with E-state index in [1.54, 1.807) is 0 Å². The second-order valence-electron chi connectivity index (χ2n) is 4.73. The Kier molecular flexibility index (Phi) is 2.59. The number of benzene rings is 1. The Labute approximate surface area is 92.1 Å². The molecule has 1 saturated carbocycles. The first-order chi connectivity index (χ1) is 7.09. The normalized spacial score (nSPS) is 17.5. The van der Waals surface area contributed by atoms with Crippen molar-refractivity contribution in [2.75, 3.05) is 17.7 Å². The lowest BCUT2D eigenvalue weighted by Crippen LogP contribution is -2.31. The Morgan fingerprint density at radius 2 is 2.07 bits per heavy atom. The van der Waals surface area contributed by atoms with Gasteiger partial charge >= 0.3 is 0 Å². The van der Waals surface area contributed by atoms with E-state index in [2.05, 4.69) is 31.9 Å². The van der Waals surface area contributed by atoms with Gasteiger partial charge in [0.25, 0.3) is 0 Å². The third kappa shape index (κ3) is 2.09. The second kappa shape index (κ2) is 3.76. The first-order valence-electron chi connectivity index (χ1n) is 5.68. The molecule has 0 aliphatic heterocycles. The highest BCUT2D eigenvalue weighted by molar-refractivity contribution is 5.59. The lowest BCUT2D eigenvalue weighted by Gasteiger charge is -2.28. The van der Waals surface area contributed by atoms with Gasteiger partial charge in [-0.05, 0) is 56.4 Å². The fourth-order valence-corrected chi connectivity index (χ4v) is 2.19. The number of hydrogen-bond donors (Lipinski definition) is 1. The van der Waals surface area contributed by atoms with Crippen molar-refractivity contribution < 1.29 is 0 Å². The van der Waals surface area contributed by atoms with Gasteiger partial charge in [0.1, 0.15) is 0 Å². The minimum Gasteiger partial charge on any atom is -0.399 e. The van der Waals surface area contributed by atoms with Gasteiger partial charge in [0.2, 0.25) is 0 Å². The molecule has 15 heavy (non-hydrogen) atoms. The van der Waals surface area contributed by atoms with E-state index in [0.29, 0.717) is 6.04 Å². The van der Waals surface area contributed by atoms with Gasteiger partial charge in [-0.25, -0.2) is 0 Å². The van der Waals surface area contributed by atoms with Crippen molar-refractivity contribution in [2.24, 2.45) is 5.92 Å². The van der Waals surface area contributed by atoms with Crippen molar-refractivity contribution >= 4 is 11.4 Å². The molecule has 2 nitrogen and oxygen atoms in total. The fourth-order valence-electron chi connectivity index (χ4n) is 2.19. The summed E-state index contributed by atoms with van der Waals surface area (Å²) in [4.78, 5) is 2.38. The molecule has 0 spiro atoms. The van der Waals surface area contributed by atoms with Crippen molar-refractivity contribution in [3.8, 4) is 0 Å². The van der Waals surface area contributed by atoms with Crippen molar-refractivity contribution in [2.45, 2.75) is 32.7 Å². The standard InChI is InChI=1S/C13H20N2/c1-9-8-12(14)6-7-13(9)15(3)10(2)11-4-5-11/h6-8,10-11H,4-5,14H2,1-3H3. The Bertz CT molecular complexity index is 356. The van der Waals surface area contributed by atoms with Gasteiger partial charge in [-0.15, -0.1) is 0 Å². The van der Waals surface area contributed by atoms with Crippen molar-refractivity contribution in [1.29, 1.82) is 0 Å². The van der Waals surface area contributed by atoms with E-state index in [9.17, 15) is 0 Å². The summed E-state index contributed by atoms with van der Waals surface area (Å²) in [6.07, 6.45) is 2.78. The maximum Gasteiger partial charge on any atom is 0.0397 e. The number of nitrogen functional groups attached to an aromatic ring is 1. The molecule has 0 bridgehead atoms. The molecule has 1 unspecified atom stereocenters. The van der Waals surface area contributed by atoms with Crippen LogP contribution in [0.15, 0.2) is 18.2 Å². The molecule has 82 valence electrons. The maximum absolute atomic E-state index is 5.76. The first kappa shape index (κ1) is 10.3. The van der Waals surface area contributed by atoms with E-state index < -0.39 is 0 Å². The average molecular weight is 204 g/mol. The summed E-state index contributed by atoms with van der Waals surface area (Å²) in [5, 5.41) is 0. The molecule has 1 aromatic rings. The molecule has 1 aromatic carbocycles. The number of hydrogen-bond acceptors (Lipinski definition) is 2. The molecule has 0 radical (unpaired) electrons. The molecule has 2 rings (SSSR count). The third-order valence-electron chi connectivity index (χ3n) is 3.52. The molecular formula is C13H20N2. The molecule has 2 N–H and O–H groups in total. The predicted molar refractivity (Wildman–Crippen MR) is 66.2 cm³/mol. The van der Waals surface area contributed by atoms with Crippen LogP contribution in [-0.4, -0.2) is 13.1 Å². The monoisotopic (exact) mass is 204 g/mol. The summed E-state index contributed by atoms with van der Waals surface area (Å²) in [6, 6.07) is 6.81. The van der Waals surface area contributed by atoms with Crippen LogP contribution in [-0.2, 0) is 0 Å². The highest BCUT2D eigenvalue weighted by Gasteiger charge is 2.30. The highest BCUT2D eigenvalue weighted by Crippen LogP contribution is 2.37. The van der Waals surface area contributed by atoms with Crippen molar-refractivity contribution in [3.63, 3.8) is 0 Å². The first-order valence-corrected chi connectivity index (χ1v) is 5.68. The Hall–Kier alpha value is -1.18. The van der Waals surface area contributed by atoms with Crippen LogP contribution in [0.1, 0.15) is 25.3 Å². The number of aryl methyl sites for hydroxylation is 1. The molecule has 0 amide bonds. The van der Waals surface area contributed by atoms with Gasteiger partial charge in [-0.1, -0.05) is 0 Å². The van der Waals surface area contributed by atoms with Crippen LogP contribution in [0.5, 0.6) is 0 Å². The minimum absolute atomic E-state index is 0.646. The summed E-state index contributed by atoms with van der Waals surface area (Å²) in [6.45, 7) is 4.44. The van der Waals surface area contributed by atoms with Gasteiger partial charge in [0.15, 0.2) is 0 Å². The van der Waals surface area contributed by atoms with Crippen LogP contribution < -0.4 is 10.6 Å². The molecule has 0 heterocycles. The zero-order valence-corrected chi connectivity index (χ0v) is 9.83. The van der Waals surface area contributed by atoms with Gasteiger partial charge < -0.3 is 10.6 Å². The van der Waals surface area contributed by atoms with E-state index in [1.807, 2.05) is 12.1 Å². The number of nitrogens with zero attached hydrogens (tertiary/aromatic N) is 1. The zero-order chi connectivity index (χ0) is 11.0. The minimum atomic E-state index is 0.646. The molecule has 1 aliphatic rings. The SMILES string of the molecule is Cc1cc(N)ccc1N(C)C(C)C1CC1. The summed E-state index contributed by atoms with van der Waals surface area (Å²) >= 11 is 0. The Morgan fingerprint density at radius 3 is 2.60 bits per heavy atom. The predicted octanol–water partition coefficient (Wildman–Crippen LogP) is 2.81. The van der Waals surface area contributed by atoms with Gasteiger partial charge in [0.05, 0.1) is 0 Å². The Balaban J connectivity index is 2.20. The molecule has 1 aliphatic carbocycles. The van der Waals surface area contributed by atoms with E-state index in [-0.39, 0.29) is 0 Å². The molecule has 1 fully saturated rings. The van der Waals surface area contributed by atoms with Crippen molar-refractivity contribution in [3.05, 3.63) is 23.8 Å². The fraction of sp³-hybridized carbons (Fsp3) is 0.538. The summed E-state index contributed by atoms with van der Waals surface area (Å²) in [7, 11) is 2.18. The quantitative estimate of drug-likeness (QED) is 0.767. The summed E-state index contributed by atoms with van der Waals surface area (Å²) in [5.74, 6) is 0.895. The molecule has 2 heteroatoms. The van der Waals surface area contributed by atoms with E-state index in [0.717, 1.165) is 11.6 Å². The van der Waals surface area contributed by atoms with Crippen LogP contribution in [0.4, 0.5) is 11.4 Å². The van der Waals surface area contributed by atoms with Crippen LogP contribution in [0, 0.1) is 12.8 Å². The summed E-state index contributed by atoms with van der Waals surface area (Å²) in [5.41, 5.74) is 9.19. The third-order valence-corrected chi connectivity index (χ3v) is 3.52. The topological polar surface area (TPSA) is 29.3 Å². The smallest absolute Gasteiger partial charge is 0.0397 e. The highest BCUT2D eigenvalue weighted by atomic mass is 15.1. The van der Waals surface area contributed by atoms with E-state index in [4.69, 9.17) is 5.73 Å². The molecule has 0 aromatic heterocycles. The second-order valence-corrected chi connectivity index (χ2v) is 4.73. The van der Waals surface area contributed by atoms with E-state index in [1.165, 1.54) is 24.1 Å². The zero-order valence-electron chi connectivity index (χ0n) is 9.83. The van der Waals surface area contributed by atoms with Crippen LogP contribution in [0.3, 0.4) is 0 Å². The lowest BCUT2D eigenvalue weighted by atomic mass is 10.1. The number of nitrogens with two attached hydrogens (primary N) is 1. The van der Waals surface area contributed by atoms with Gasteiger partial charge in [0, 0.05) is 24.5 Å². The van der Waals surface area contributed by atoms with Crippen LogP contribution in [0.25, 0.3) is 0 Å². The molecular weight excluding hydrogens is 184 g/mol. The van der Waals surface area contributed by atoms with Crippen LogP contribution in [0.2, 0.25) is 0 Å². The maximum atomic E-state index is 5.76. The van der Waals surface area contributed by atoms with E-state index >= 15 is 0 Å². The van der Waals surface area contributed by atoms with Crippen molar-refractivity contribution in [1.82, 2.24) is 0 Å². The van der Waals surface area contributed by atoms with Gasteiger partial charge in [-0.2, -0.15) is 0 Å². The summed E-state index contributed by atoms with van der Waals surface area (Å²) < 4.78 is 0. The molecule has 1 atom stereocenters. The largest absolute Gasteiger partial charge is 0.399 e. The number of rotatable bonds is 3. The molecule has 0 saturated heterocycles. The Morgan fingerprint density at radius 1 is 1.40 bits per heavy atom. The average Bonchev–Trinajstić information content (AvgIpc) is 2.99.